The lowest BCUT2D eigenvalue weighted by Crippen LogP contribution is -2.27. The van der Waals surface area contributed by atoms with Crippen molar-refractivity contribution in [3.63, 3.8) is 0 Å². The Labute approximate surface area is 128 Å². The molecule has 2 amide bonds. The molecule has 0 radical (unpaired) electrons. The Bertz CT molecular complexity index is 728. The minimum atomic E-state index is -0.720. The maximum Gasteiger partial charge on any atom is 0.307 e. The van der Waals surface area contributed by atoms with Crippen molar-refractivity contribution in [2.24, 2.45) is 5.10 Å². The number of nitrogens with one attached hydrogen (secondary N) is 3. The van der Waals surface area contributed by atoms with Gasteiger partial charge in [0, 0.05) is 12.4 Å². The zero-order chi connectivity index (χ0) is 16.1. The van der Waals surface area contributed by atoms with Crippen molar-refractivity contribution in [3.8, 4) is 0 Å². The Morgan fingerprint density at radius 2 is 2.05 bits per heavy atom. The van der Waals surface area contributed by atoms with Crippen molar-refractivity contribution in [3.05, 3.63) is 29.1 Å². The molecule has 7 N–H and O–H groups in total. The number of aromatic nitrogens is 4. The van der Waals surface area contributed by atoms with Gasteiger partial charge in [0.1, 0.15) is 6.34 Å². The topological polar surface area (TPSA) is 177 Å². The van der Waals surface area contributed by atoms with Gasteiger partial charge in [0.25, 0.3) is 5.91 Å². The number of rotatable bonds is 4. The number of carbonyl (C=O) groups excluding carboxylic acids is 2. The van der Waals surface area contributed by atoms with Crippen molar-refractivity contribution < 1.29 is 9.59 Å². The van der Waals surface area contributed by atoms with E-state index >= 15 is 0 Å². The average molecular weight is 324 g/mol. The standard InChI is InChI=1S/C10H10ClN9O2/c11-5-7(13)19-6(12)4(18-5)9(21)16-3-17-20-10(22)8-14-1-2-15-8/h1-3H,(H,14,15)(H,20,22)(H4,12,13,19)(H,16,17,21). The molecule has 12 heteroatoms. The van der Waals surface area contributed by atoms with Gasteiger partial charge in [-0.15, -0.1) is 0 Å². The number of anilines is 2. The second-order valence-corrected chi connectivity index (χ2v) is 4.10. The summed E-state index contributed by atoms with van der Waals surface area (Å²) in [7, 11) is 0. The zero-order valence-electron chi connectivity index (χ0n) is 10.9. The van der Waals surface area contributed by atoms with Crippen LogP contribution in [0, 0.1) is 0 Å². The van der Waals surface area contributed by atoms with Crippen LogP contribution in [0.2, 0.25) is 5.15 Å². The van der Waals surface area contributed by atoms with Crippen LogP contribution in [0.5, 0.6) is 0 Å². The summed E-state index contributed by atoms with van der Waals surface area (Å²) in [5, 5.41) is 5.58. The number of aromatic amines is 1. The summed E-state index contributed by atoms with van der Waals surface area (Å²) in [5.74, 6) is -1.50. The fraction of sp³-hybridized carbons (Fsp3) is 0. The van der Waals surface area contributed by atoms with E-state index in [0.717, 1.165) is 6.34 Å². The van der Waals surface area contributed by atoms with Gasteiger partial charge in [0.2, 0.25) is 0 Å². The molecule has 0 saturated carbocycles. The lowest BCUT2D eigenvalue weighted by Gasteiger charge is -2.04. The first-order valence-electron chi connectivity index (χ1n) is 5.69. The number of halogens is 1. The molecule has 11 nitrogen and oxygen atoms in total. The van der Waals surface area contributed by atoms with Crippen LogP contribution >= 0.6 is 11.6 Å². The molecule has 0 aliphatic heterocycles. The minimum absolute atomic E-state index is 0.0731. The van der Waals surface area contributed by atoms with Crippen LogP contribution in [0.4, 0.5) is 11.6 Å². The molecule has 0 fully saturated rings. The molecule has 2 aromatic heterocycles. The number of carbonyl (C=O) groups is 2. The molecule has 2 aromatic rings. The maximum atomic E-state index is 11.8. The van der Waals surface area contributed by atoms with E-state index in [1.165, 1.54) is 12.4 Å². The van der Waals surface area contributed by atoms with E-state index in [9.17, 15) is 9.59 Å². The van der Waals surface area contributed by atoms with Gasteiger partial charge in [-0.05, 0) is 0 Å². The van der Waals surface area contributed by atoms with Crippen molar-refractivity contribution in [2.45, 2.75) is 0 Å². The van der Waals surface area contributed by atoms with Crippen LogP contribution in [0.25, 0.3) is 0 Å². The summed E-state index contributed by atoms with van der Waals surface area (Å²) in [6, 6.07) is 0. The molecule has 0 aliphatic carbocycles. The predicted octanol–water partition coefficient (Wildman–Crippen LogP) is -0.879. The molecule has 0 unspecified atom stereocenters. The number of hydrazone groups is 1. The lowest BCUT2D eigenvalue weighted by atomic mass is 10.4. The largest absolute Gasteiger partial charge is 0.382 e. The number of amides is 2. The van der Waals surface area contributed by atoms with Gasteiger partial charge < -0.3 is 21.8 Å². The van der Waals surface area contributed by atoms with E-state index in [0.29, 0.717) is 0 Å². The monoisotopic (exact) mass is 323 g/mol. The van der Waals surface area contributed by atoms with E-state index in [1.807, 2.05) is 0 Å². The van der Waals surface area contributed by atoms with Gasteiger partial charge in [0.05, 0.1) is 0 Å². The van der Waals surface area contributed by atoms with Gasteiger partial charge in [-0.3, -0.25) is 9.59 Å². The number of hydrogen-bond acceptors (Lipinski definition) is 8. The Morgan fingerprint density at radius 1 is 1.27 bits per heavy atom. The van der Waals surface area contributed by atoms with Crippen LogP contribution < -0.4 is 22.2 Å². The van der Waals surface area contributed by atoms with Gasteiger partial charge in [0.15, 0.2) is 28.3 Å². The second-order valence-electron chi connectivity index (χ2n) is 3.74. The third kappa shape index (κ3) is 3.46. The van der Waals surface area contributed by atoms with E-state index in [-0.39, 0.29) is 28.3 Å². The summed E-state index contributed by atoms with van der Waals surface area (Å²) < 4.78 is 0. The molecule has 0 saturated heterocycles. The van der Waals surface area contributed by atoms with Gasteiger partial charge in [-0.1, -0.05) is 11.6 Å². The summed E-state index contributed by atoms with van der Waals surface area (Å²) in [4.78, 5) is 36.9. The maximum absolute atomic E-state index is 11.8. The number of H-pyrrole nitrogens is 1. The first kappa shape index (κ1) is 15.2. The average Bonchev–Trinajstić information content (AvgIpc) is 3.01. The van der Waals surface area contributed by atoms with Crippen LogP contribution in [-0.4, -0.2) is 38.1 Å². The van der Waals surface area contributed by atoms with Crippen LogP contribution in [-0.2, 0) is 0 Å². The molecule has 0 atom stereocenters. The van der Waals surface area contributed by atoms with Crippen molar-refractivity contribution in [1.29, 1.82) is 0 Å². The number of nitrogen functional groups attached to an aromatic ring is 2. The first-order chi connectivity index (χ1) is 10.5. The molecular weight excluding hydrogens is 314 g/mol. The summed E-state index contributed by atoms with van der Waals surface area (Å²) >= 11 is 5.65. The molecule has 2 heterocycles. The molecule has 0 aromatic carbocycles. The lowest BCUT2D eigenvalue weighted by molar-refractivity contribution is 0.0939. The highest BCUT2D eigenvalue weighted by Crippen LogP contribution is 2.16. The quantitative estimate of drug-likeness (QED) is 0.275. The van der Waals surface area contributed by atoms with E-state index in [2.05, 4.69) is 35.8 Å². The fourth-order valence-electron chi connectivity index (χ4n) is 1.30. The Balaban J connectivity index is 1.94. The summed E-state index contributed by atoms with van der Waals surface area (Å²) in [5.41, 5.74) is 12.8. The van der Waals surface area contributed by atoms with E-state index < -0.39 is 11.8 Å². The molecule has 0 spiro atoms. The Morgan fingerprint density at radius 3 is 2.73 bits per heavy atom. The van der Waals surface area contributed by atoms with E-state index in [1.54, 1.807) is 0 Å². The highest BCUT2D eigenvalue weighted by Gasteiger charge is 2.15. The number of imidazole rings is 1. The Hall–Kier alpha value is -3.21. The second kappa shape index (κ2) is 6.49. The first-order valence-corrected chi connectivity index (χ1v) is 6.07. The highest BCUT2D eigenvalue weighted by atomic mass is 35.5. The molecule has 114 valence electrons. The highest BCUT2D eigenvalue weighted by molar-refractivity contribution is 6.31. The summed E-state index contributed by atoms with van der Waals surface area (Å²) in [6.07, 6.45) is 3.83. The number of hydrogen-bond donors (Lipinski definition) is 5. The van der Waals surface area contributed by atoms with Gasteiger partial charge in [-0.25, -0.2) is 20.4 Å². The molecule has 0 aliphatic rings. The molecule has 2 rings (SSSR count). The fourth-order valence-corrected chi connectivity index (χ4v) is 1.43. The smallest absolute Gasteiger partial charge is 0.307 e. The molecule has 22 heavy (non-hydrogen) atoms. The number of nitrogens with two attached hydrogens (primary N) is 2. The van der Waals surface area contributed by atoms with E-state index in [4.69, 9.17) is 23.1 Å². The van der Waals surface area contributed by atoms with Crippen LogP contribution in [0.3, 0.4) is 0 Å². The number of nitrogens with zero attached hydrogens (tertiary/aromatic N) is 4. The molecule has 0 bridgehead atoms. The third-order valence-electron chi connectivity index (χ3n) is 2.26. The zero-order valence-corrected chi connectivity index (χ0v) is 11.6. The summed E-state index contributed by atoms with van der Waals surface area (Å²) in [6.45, 7) is 0. The van der Waals surface area contributed by atoms with Gasteiger partial charge >= 0.3 is 5.91 Å². The Kier molecular flexibility index (Phi) is 4.48. The third-order valence-corrected chi connectivity index (χ3v) is 2.54. The molecular formula is C10H10ClN9O2. The SMILES string of the molecule is Nc1nc(N)c(C(=O)NC=NNC(=O)c2ncc[nH]2)nc1Cl. The van der Waals surface area contributed by atoms with Crippen molar-refractivity contribution >= 4 is 41.4 Å². The van der Waals surface area contributed by atoms with Crippen molar-refractivity contribution in [2.75, 3.05) is 11.5 Å². The van der Waals surface area contributed by atoms with Gasteiger partial charge in [-0.2, -0.15) is 5.10 Å². The van der Waals surface area contributed by atoms with Crippen LogP contribution in [0.15, 0.2) is 17.5 Å². The predicted molar refractivity (Wildman–Crippen MR) is 77.9 cm³/mol. The van der Waals surface area contributed by atoms with Crippen molar-refractivity contribution in [1.82, 2.24) is 30.7 Å². The minimum Gasteiger partial charge on any atom is -0.382 e. The normalized spacial score (nSPS) is 10.6. The van der Waals surface area contributed by atoms with Crippen LogP contribution in [0.1, 0.15) is 21.1 Å².